The van der Waals surface area contributed by atoms with Crippen molar-refractivity contribution in [2.45, 2.75) is 30.8 Å². The lowest BCUT2D eigenvalue weighted by Crippen LogP contribution is -2.15. The zero-order valence-electron chi connectivity index (χ0n) is 15.5. The molecule has 1 aliphatic rings. The quantitative estimate of drug-likeness (QED) is 0.479. The van der Waals surface area contributed by atoms with Gasteiger partial charge in [-0.3, -0.25) is 9.59 Å². The lowest BCUT2D eigenvalue weighted by molar-refractivity contribution is -0.113. The Hall–Kier alpha value is -2.89. The van der Waals surface area contributed by atoms with Crippen LogP contribution in [0.3, 0.4) is 0 Å². The van der Waals surface area contributed by atoms with Gasteiger partial charge in [-0.1, -0.05) is 42.1 Å². The van der Waals surface area contributed by atoms with Crippen LogP contribution < -0.4 is 10.9 Å². The van der Waals surface area contributed by atoms with Crippen LogP contribution in [0.4, 0.5) is 5.00 Å². The van der Waals surface area contributed by atoms with Gasteiger partial charge in [0.25, 0.3) is 5.56 Å². The van der Waals surface area contributed by atoms with E-state index in [0.717, 1.165) is 48.6 Å². The molecule has 29 heavy (non-hydrogen) atoms. The van der Waals surface area contributed by atoms with Gasteiger partial charge in [0.1, 0.15) is 11.1 Å². The average Bonchev–Trinajstić information content (AvgIpc) is 3.09. The topological polar surface area (TPSA) is 98.6 Å². The number of hydrogen-bond donors (Lipinski definition) is 2. The third-order valence-corrected chi connectivity index (χ3v) is 6.75. The number of rotatable bonds is 5. The summed E-state index contributed by atoms with van der Waals surface area (Å²) in [4.78, 5) is 32.7. The van der Waals surface area contributed by atoms with E-state index in [-0.39, 0.29) is 17.2 Å². The fraction of sp³-hybridized carbons (Fsp3) is 0.238. The minimum atomic E-state index is -0.264. The standard InChI is InChI=1S/C21H18N4O2S2/c22-11-15-14-8-4-5-9-17(14)29-20(15)24-19(27)12-28-21-23-16(10-18(26)25-21)13-6-2-1-3-7-13/h1-3,6-7,10H,4-5,8-9,12H2,(H,24,27)(H,23,25,26). The molecule has 0 saturated carbocycles. The molecule has 0 bridgehead atoms. The van der Waals surface area contributed by atoms with Crippen molar-refractivity contribution in [2.75, 3.05) is 11.1 Å². The molecule has 8 heteroatoms. The Morgan fingerprint density at radius 2 is 2.07 bits per heavy atom. The zero-order chi connectivity index (χ0) is 20.2. The van der Waals surface area contributed by atoms with Crippen LogP contribution in [0.5, 0.6) is 0 Å². The SMILES string of the molecule is N#Cc1c(NC(=O)CSc2nc(-c3ccccc3)cc(=O)[nH]2)sc2c1CCCC2. The number of thiophene rings is 1. The van der Waals surface area contributed by atoms with Crippen LogP contribution in [-0.4, -0.2) is 21.6 Å². The van der Waals surface area contributed by atoms with E-state index >= 15 is 0 Å². The van der Waals surface area contributed by atoms with Crippen molar-refractivity contribution in [1.29, 1.82) is 5.26 Å². The average molecular weight is 423 g/mol. The highest BCUT2D eigenvalue weighted by molar-refractivity contribution is 7.99. The summed E-state index contributed by atoms with van der Waals surface area (Å²) in [6.07, 6.45) is 4.07. The molecule has 4 rings (SSSR count). The Balaban J connectivity index is 1.46. The number of nitrogens with zero attached hydrogens (tertiary/aromatic N) is 2. The van der Waals surface area contributed by atoms with Crippen molar-refractivity contribution >= 4 is 34.0 Å². The number of nitriles is 1. The van der Waals surface area contributed by atoms with Crippen molar-refractivity contribution in [2.24, 2.45) is 0 Å². The number of aromatic amines is 1. The largest absolute Gasteiger partial charge is 0.316 e. The summed E-state index contributed by atoms with van der Waals surface area (Å²) >= 11 is 2.66. The molecule has 2 aromatic heterocycles. The predicted molar refractivity (Wildman–Crippen MR) is 115 cm³/mol. The summed E-state index contributed by atoms with van der Waals surface area (Å²) in [7, 11) is 0. The molecule has 0 unspecified atom stereocenters. The maximum absolute atomic E-state index is 12.5. The Bertz CT molecular complexity index is 1150. The molecule has 0 spiro atoms. The lowest BCUT2D eigenvalue weighted by Gasteiger charge is -2.09. The first kappa shape index (κ1) is 19.4. The molecule has 0 fully saturated rings. The smallest absolute Gasteiger partial charge is 0.252 e. The highest BCUT2D eigenvalue weighted by atomic mass is 32.2. The molecular formula is C21H18N4O2S2. The summed E-state index contributed by atoms with van der Waals surface area (Å²) in [5, 5.41) is 13.4. The maximum atomic E-state index is 12.5. The number of thioether (sulfide) groups is 1. The van der Waals surface area contributed by atoms with E-state index < -0.39 is 0 Å². The summed E-state index contributed by atoms with van der Waals surface area (Å²) in [5.41, 5.74) is 2.83. The van der Waals surface area contributed by atoms with Gasteiger partial charge in [-0.15, -0.1) is 11.3 Å². The first-order valence-corrected chi connectivity index (χ1v) is 11.1. The van der Waals surface area contributed by atoms with Gasteiger partial charge in [-0.2, -0.15) is 5.26 Å². The maximum Gasteiger partial charge on any atom is 0.252 e. The van der Waals surface area contributed by atoms with Crippen LogP contribution in [0.15, 0.2) is 46.3 Å². The van der Waals surface area contributed by atoms with Crippen LogP contribution in [0.2, 0.25) is 0 Å². The van der Waals surface area contributed by atoms with E-state index in [0.29, 0.717) is 21.4 Å². The zero-order valence-corrected chi connectivity index (χ0v) is 17.2. The van der Waals surface area contributed by atoms with E-state index in [1.165, 1.54) is 22.3 Å². The molecule has 146 valence electrons. The molecule has 1 aliphatic carbocycles. The Labute approximate surface area is 176 Å². The number of hydrogen-bond acceptors (Lipinski definition) is 6. The molecule has 0 atom stereocenters. The number of benzene rings is 1. The fourth-order valence-electron chi connectivity index (χ4n) is 3.33. The minimum Gasteiger partial charge on any atom is -0.316 e. The van der Waals surface area contributed by atoms with E-state index in [1.807, 2.05) is 30.3 Å². The van der Waals surface area contributed by atoms with E-state index in [1.54, 1.807) is 0 Å². The fourth-order valence-corrected chi connectivity index (χ4v) is 5.26. The Morgan fingerprint density at radius 3 is 2.86 bits per heavy atom. The van der Waals surface area contributed by atoms with Gasteiger partial charge in [0.05, 0.1) is 17.0 Å². The highest BCUT2D eigenvalue weighted by Crippen LogP contribution is 2.37. The monoisotopic (exact) mass is 422 g/mol. The summed E-state index contributed by atoms with van der Waals surface area (Å²) in [5.74, 6) is -0.132. The van der Waals surface area contributed by atoms with E-state index in [2.05, 4.69) is 21.4 Å². The summed E-state index contributed by atoms with van der Waals surface area (Å²) in [6, 6.07) is 13.1. The number of aromatic nitrogens is 2. The Kier molecular flexibility index (Phi) is 5.79. The molecule has 1 amide bonds. The molecule has 0 aliphatic heterocycles. The third kappa shape index (κ3) is 4.42. The van der Waals surface area contributed by atoms with Gasteiger partial charge in [-0.05, 0) is 31.2 Å². The molecule has 2 heterocycles. The lowest BCUT2D eigenvalue weighted by atomic mass is 9.96. The first-order chi connectivity index (χ1) is 14.1. The van der Waals surface area contributed by atoms with Gasteiger partial charge in [0, 0.05) is 16.5 Å². The van der Waals surface area contributed by atoms with Crippen LogP contribution in [0, 0.1) is 11.3 Å². The van der Waals surface area contributed by atoms with Gasteiger partial charge < -0.3 is 10.3 Å². The number of anilines is 1. The number of nitrogens with one attached hydrogen (secondary N) is 2. The molecule has 6 nitrogen and oxygen atoms in total. The first-order valence-electron chi connectivity index (χ1n) is 9.28. The summed E-state index contributed by atoms with van der Waals surface area (Å²) < 4.78 is 0. The third-order valence-electron chi connectivity index (χ3n) is 4.67. The van der Waals surface area contributed by atoms with Gasteiger partial charge in [0.15, 0.2) is 5.16 Å². The van der Waals surface area contributed by atoms with Crippen LogP contribution >= 0.6 is 23.1 Å². The van der Waals surface area contributed by atoms with Crippen LogP contribution in [0.25, 0.3) is 11.3 Å². The van der Waals surface area contributed by atoms with Crippen LogP contribution in [0.1, 0.15) is 28.8 Å². The van der Waals surface area contributed by atoms with Crippen molar-refractivity contribution < 1.29 is 4.79 Å². The second-order valence-corrected chi connectivity index (χ2v) is 8.73. The second-order valence-electron chi connectivity index (χ2n) is 6.67. The van der Waals surface area contributed by atoms with Gasteiger partial charge in [-0.25, -0.2) is 4.98 Å². The highest BCUT2D eigenvalue weighted by Gasteiger charge is 2.21. The van der Waals surface area contributed by atoms with Crippen molar-refractivity contribution in [1.82, 2.24) is 9.97 Å². The molecule has 0 radical (unpaired) electrons. The second kappa shape index (κ2) is 8.64. The van der Waals surface area contributed by atoms with Crippen molar-refractivity contribution in [3.63, 3.8) is 0 Å². The summed E-state index contributed by atoms with van der Waals surface area (Å²) in [6.45, 7) is 0. The number of fused-ring (bicyclic) bond motifs is 1. The number of carbonyl (C=O) groups is 1. The minimum absolute atomic E-state index is 0.0919. The Morgan fingerprint density at radius 1 is 1.28 bits per heavy atom. The normalized spacial score (nSPS) is 12.8. The number of aryl methyl sites for hydroxylation is 1. The van der Waals surface area contributed by atoms with E-state index in [9.17, 15) is 14.9 Å². The van der Waals surface area contributed by atoms with E-state index in [4.69, 9.17) is 0 Å². The van der Waals surface area contributed by atoms with Crippen LogP contribution in [-0.2, 0) is 17.6 Å². The molecule has 1 aromatic carbocycles. The van der Waals surface area contributed by atoms with Gasteiger partial charge in [0.2, 0.25) is 5.91 Å². The molecule has 3 aromatic rings. The number of H-pyrrole nitrogens is 1. The number of amides is 1. The van der Waals surface area contributed by atoms with Gasteiger partial charge >= 0.3 is 0 Å². The predicted octanol–water partition coefficient (Wildman–Crippen LogP) is 3.98. The van der Waals surface area contributed by atoms with Crippen molar-refractivity contribution in [3.05, 3.63) is 62.8 Å². The number of carbonyl (C=O) groups excluding carboxylic acids is 1. The molecule has 0 saturated heterocycles. The van der Waals surface area contributed by atoms with Crippen molar-refractivity contribution in [3.8, 4) is 17.3 Å². The molecular weight excluding hydrogens is 404 g/mol. The molecule has 2 N–H and O–H groups in total.